The highest BCUT2D eigenvalue weighted by Crippen LogP contribution is 2.20. The van der Waals surface area contributed by atoms with Crippen LogP contribution in [0, 0.1) is 5.92 Å². The van der Waals surface area contributed by atoms with Gasteiger partial charge in [0.2, 0.25) is 0 Å². The van der Waals surface area contributed by atoms with Crippen molar-refractivity contribution < 1.29 is 0 Å². The van der Waals surface area contributed by atoms with E-state index in [0.29, 0.717) is 12.0 Å². The van der Waals surface area contributed by atoms with E-state index in [2.05, 4.69) is 68.6 Å². The quantitative estimate of drug-likeness (QED) is 0.562. The van der Waals surface area contributed by atoms with E-state index in [1.165, 1.54) is 5.56 Å². The Morgan fingerprint density at radius 2 is 1.88 bits per heavy atom. The summed E-state index contributed by atoms with van der Waals surface area (Å²) in [5.41, 5.74) is 1.39. The van der Waals surface area contributed by atoms with Crippen molar-refractivity contribution in [2.75, 3.05) is 6.54 Å². The third-order valence-electron chi connectivity index (χ3n) is 2.74. The lowest BCUT2D eigenvalue weighted by molar-refractivity contribution is 0.416. The lowest BCUT2D eigenvalue weighted by Gasteiger charge is -2.22. The Hall–Kier alpha value is -1.08. The minimum atomic E-state index is 0.464. The lowest BCUT2D eigenvalue weighted by atomic mass is 9.96. The van der Waals surface area contributed by atoms with Crippen molar-refractivity contribution in [3.05, 3.63) is 48.0 Å². The molecule has 16 heavy (non-hydrogen) atoms. The van der Waals surface area contributed by atoms with Crippen LogP contribution in [-0.4, -0.2) is 6.54 Å². The van der Waals surface area contributed by atoms with Crippen LogP contribution in [0.2, 0.25) is 0 Å². The summed E-state index contributed by atoms with van der Waals surface area (Å²) in [6.07, 6.45) is 5.41. The van der Waals surface area contributed by atoms with E-state index in [-0.39, 0.29) is 0 Å². The smallest absolute Gasteiger partial charge is 0.0343 e. The number of rotatable bonds is 6. The maximum atomic E-state index is 3.62. The normalized spacial score (nSPS) is 13.5. The summed E-state index contributed by atoms with van der Waals surface area (Å²) < 4.78 is 0. The van der Waals surface area contributed by atoms with Crippen LogP contribution in [0.4, 0.5) is 0 Å². The molecule has 0 aliphatic carbocycles. The highest BCUT2D eigenvalue weighted by Gasteiger charge is 2.13. The molecule has 1 N–H and O–H groups in total. The van der Waals surface area contributed by atoms with Crippen molar-refractivity contribution in [1.82, 2.24) is 5.32 Å². The molecule has 0 bridgehead atoms. The van der Waals surface area contributed by atoms with Gasteiger partial charge in [-0.1, -0.05) is 56.3 Å². The van der Waals surface area contributed by atoms with E-state index in [9.17, 15) is 0 Å². The Labute approximate surface area is 99.6 Å². The number of benzene rings is 1. The molecule has 1 unspecified atom stereocenters. The van der Waals surface area contributed by atoms with Gasteiger partial charge in [-0.2, -0.15) is 0 Å². The van der Waals surface area contributed by atoms with E-state index in [0.717, 1.165) is 13.0 Å². The summed E-state index contributed by atoms with van der Waals surface area (Å²) >= 11 is 0. The monoisotopic (exact) mass is 217 g/mol. The molecular formula is C15H23N. The second kappa shape index (κ2) is 7.24. The molecule has 0 fully saturated rings. The average Bonchev–Trinajstić information content (AvgIpc) is 2.30. The van der Waals surface area contributed by atoms with Crippen LogP contribution >= 0.6 is 0 Å². The summed E-state index contributed by atoms with van der Waals surface area (Å²) in [6, 6.07) is 11.2. The summed E-state index contributed by atoms with van der Waals surface area (Å²) in [6.45, 7) is 7.64. The maximum Gasteiger partial charge on any atom is 0.0343 e. The number of hydrogen-bond donors (Lipinski definition) is 1. The van der Waals surface area contributed by atoms with Crippen molar-refractivity contribution in [1.29, 1.82) is 0 Å². The molecule has 1 aromatic carbocycles. The van der Waals surface area contributed by atoms with Crippen LogP contribution in [0.5, 0.6) is 0 Å². The van der Waals surface area contributed by atoms with Gasteiger partial charge in [0.15, 0.2) is 0 Å². The van der Waals surface area contributed by atoms with Gasteiger partial charge in [-0.25, -0.2) is 0 Å². The van der Waals surface area contributed by atoms with Gasteiger partial charge in [0.25, 0.3) is 0 Å². The molecule has 0 spiro atoms. The molecule has 0 heterocycles. The van der Waals surface area contributed by atoms with E-state index < -0.39 is 0 Å². The maximum absolute atomic E-state index is 3.62. The van der Waals surface area contributed by atoms with Crippen molar-refractivity contribution in [3.63, 3.8) is 0 Å². The summed E-state index contributed by atoms with van der Waals surface area (Å²) in [5, 5.41) is 3.62. The van der Waals surface area contributed by atoms with E-state index in [1.807, 2.05) is 0 Å². The molecule has 1 atom stereocenters. The topological polar surface area (TPSA) is 12.0 Å². The molecule has 1 aromatic rings. The predicted octanol–water partition coefficient (Wildman–Crippen LogP) is 3.94. The standard InChI is InChI=1S/C15H23N/c1-4-5-9-12-16-15(13(2)3)14-10-7-6-8-11-14/h4-8,10-11,13,15-16H,9,12H2,1-3H3/b5-4+. The molecule has 0 amide bonds. The molecule has 1 heteroatoms. The first-order valence-electron chi connectivity index (χ1n) is 6.15. The summed E-state index contributed by atoms with van der Waals surface area (Å²) in [7, 11) is 0. The van der Waals surface area contributed by atoms with Gasteiger partial charge < -0.3 is 5.32 Å². The average molecular weight is 217 g/mol. The van der Waals surface area contributed by atoms with E-state index >= 15 is 0 Å². The Balaban J connectivity index is 2.55. The van der Waals surface area contributed by atoms with Crippen molar-refractivity contribution in [2.24, 2.45) is 5.92 Å². The molecule has 0 saturated carbocycles. The highest BCUT2D eigenvalue weighted by molar-refractivity contribution is 5.19. The molecule has 88 valence electrons. The Kier molecular flexibility index (Phi) is 5.87. The third kappa shape index (κ3) is 4.19. The zero-order chi connectivity index (χ0) is 11.8. The van der Waals surface area contributed by atoms with Crippen LogP contribution in [0.1, 0.15) is 38.8 Å². The first-order chi connectivity index (χ1) is 7.75. The Morgan fingerprint density at radius 3 is 2.44 bits per heavy atom. The molecule has 0 saturated heterocycles. The molecule has 1 nitrogen and oxygen atoms in total. The fourth-order valence-corrected chi connectivity index (χ4v) is 1.89. The van der Waals surface area contributed by atoms with Gasteiger partial charge in [-0.3, -0.25) is 0 Å². The Morgan fingerprint density at radius 1 is 1.19 bits per heavy atom. The van der Waals surface area contributed by atoms with Gasteiger partial charge >= 0.3 is 0 Å². The molecule has 0 aromatic heterocycles. The fourth-order valence-electron chi connectivity index (χ4n) is 1.89. The van der Waals surface area contributed by atoms with Crippen LogP contribution in [0.15, 0.2) is 42.5 Å². The molecule has 0 radical (unpaired) electrons. The molecule has 0 aliphatic rings. The molecule has 0 aliphatic heterocycles. The first-order valence-corrected chi connectivity index (χ1v) is 6.15. The zero-order valence-electron chi connectivity index (χ0n) is 10.6. The SMILES string of the molecule is C/C=C/CCNC(c1ccccc1)C(C)C. The van der Waals surface area contributed by atoms with Crippen molar-refractivity contribution >= 4 is 0 Å². The minimum absolute atomic E-state index is 0.464. The van der Waals surface area contributed by atoms with Gasteiger partial charge in [0, 0.05) is 6.04 Å². The highest BCUT2D eigenvalue weighted by atomic mass is 14.9. The van der Waals surface area contributed by atoms with E-state index in [4.69, 9.17) is 0 Å². The summed E-state index contributed by atoms with van der Waals surface area (Å²) in [5.74, 6) is 0.619. The van der Waals surface area contributed by atoms with Crippen LogP contribution in [0.3, 0.4) is 0 Å². The van der Waals surface area contributed by atoms with E-state index in [1.54, 1.807) is 0 Å². The van der Waals surface area contributed by atoms with Gasteiger partial charge in [-0.05, 0) is 31.4 Å². The number of hydrogen-bond acceptors (Lipinski definition) is 1. The fraction of sp³-hybridized carbons (Fsp3) is 0.467. The second-order valence-electron chi connectivity index (χ2n) is 4.44. The minimum Gasteiger partial charge on any atom is -0.309 e. The largest absolute Gasteiger partial charge is 0.309 e. The van der Waals surface area contributed by atoms with Crippen LogP contribution < -0.4 is 5.32 Å². The van der Waals surface area contributed by atoms with Crippen molar-refractivity contribution in [2.45, 2.75) is 33.2 Å². The predicted molar refractivity (Wildman–Crippen MR) is 71.5 cm³/mol. The first kappa shape index (κ1) is 13.0. The van der Waals surface area contributed by atoms with Gasteiger partial charge in [0.1, 0.15) is 0 Å². The van der Waals surface area contributed by atoms with Crippen molar-refractivity contribution in [3.8, 4) is 0 Å². The molecular weight excluding hydrogens is 194 g/mol. The second-order valence-corrected chi connectivity index (χ2v) is 4.44. The Bertz CT molecular complexity index is 300. The number of allylic oxidation sites excluding steroid dienone is 1. The van der Waals surface area contributed by atoms with Crippen LogP contribution in [0.25, 0.3) is 0 Å². The lowest BCUT2D eigenvalue weighted by Crippen LogP contribution is -2.26. The number of nitrogens with one attached hydrogen (secondary N) is 1. The van der Waals surface area contributed by atoms with Crippen LogP contribution in [-0.2, 0) is 0 Å². The van der Waals surface area contributed by atoms with Gasteiger partial charge in [-0.15, -0.1) is 0 Å². The third-order valence-corrected chi connectivity index (χ3v) is 2.74. The molecule has 1 rings (SSSR count). The zero-order valence-corrected chi connectivity index (χ0v) is 10.6. The summed E-state index contributed by atoms with van der Waals surface area (Å²) in [4.78, 5) is 0. The van der Waals surface area contributed by atoms with Gasteiger partial charge in [0.05, 0.1) is 0 Å².